The number of carbonyl (C=O) groups is 1. The minimum absolute atomic E-state index is 0.245. The quantitative estimate of drug-likeness (QED) is 0.665. The molecule has 0 amide bonds. The van der Waals surface area contributed by atoms with E-state index in [0.717, 1.165) is 16.5 Å². The van der Waals surface area contributed by atoms with E-state index in [9.17, 15) is 4.79 Å². The molecular formula is C16H10Cl2N6O. The second kappa shape index (κ2) is 6.34. The average Bonchev–Trinajstić information content (AvgIpc) is 3.23. The van der Waals surface area contributed by atoms with Crippen LogP contribution in [0.3, 0.4) is 0 Å². The third-order valence-electron chi connectivity index (χ3n) is 3.85. The molecule has 1 aliphatic rings. The Morgan fingerprint density at radius 1 is 1.08 bits per heavy atom. The molecule has 3 aromatic rings. The summed E-state index contributed by atoms with van der Waals surface area (Å²) in [5.74, 6) is -0.245. The summed E-state index contributed by atoms with van der Waals surface area (Å²) in [5.41, 5.74) is 2.24. The van der Waals surface area contributed by atoms with E-state index in [2.05, 4.69) is 30.6 Å². The molecule has 1 aliphatic heterocycles. The molecule has 4 rings (SSSR count). The van der Waals surface area contributed by atoms with Crippen molar-refractivity contribution >= 4 is 39.9 Å². The summed E-state index contributed by atoms with van der Waals surface area (Å²) in [6, 6.07) is 8.61. The fourth-order valence-corrected chi connectivity index (χ4v) is 3.01. The van der Waals surface area contributed by atoms with Crippen molar-refractivity contribution in [1.29, 1.82) is 0 Å². The first kappa shape index (κ1) is 15.9. The number of ketones is 1. The zero-order chi connectivity index (χ0) is 17.4. The highest BCUT2D eigenvalue weighted by atomic mass is 35.5. The smallest absolute Gasteiger partial charge is 0.227 e. The van der Waals surface area contributed by atoms with Gasteiger partial charge in [0, 0.05) is 28.5 Å². The van der Waals surface area contributed by atoms with E-state index in [1.807, 2.05) is 6.07 Å². The van der Waals surface area contributed by atoms with E-state index < -0.39 is 6.17 Å². The van der Waals surface area contributed by atoms with Crippen molar-refractivity contribution in [3.05, 3.63) is 63.5 Å². The lowest BCUT2D eigenvalue weighted by Gasteiger charge is -2.05. The van der Waals surface area contributed by atoms with Crippen LogP contribution in [0.5, 0.6) is 0 Å². The summed E-state index contributed by atoms with van der Waals surface area (Å²) in [4.78, 5) is 20.2. The summed E-state index contributed by atoms with van der Waals surface area (Å²) in [6.07, 6.45) is 1.39. The fraction of sp³-hybridized carbons (Fsp3) is 0.125. The zero-order valence-corrected chi connectivity index (χ0v) is 14.2. The van der Waals surface area contributed by atoms with E-state index in [1.54, 1.807) is 24.3 Å². The molecule has 0 bridgehead atoms. The Morgan fingerprint density at radius 3 is 2.56 bits per heavy atom. The number of pyridine rings is 1. The maximum absolute atomic E-state index is 12.9. The molecule has 1 N–H and O–H groups in total. The third kappa shape index (κ3) is 3.04. The van der Waals surface area contributed by atoms with E-state index in [0.29, 0.717) is 22.2 Å². The van der Waals surface area contributed by atoms with Gasteiger partial charge in [-0.05, 0) is 40.3 Å². The Balaban J connectivity index is 1.83. The second-order valence-electron chi connectivity index (χ2n) is 5.45. The van der Waals surface area contributed by atoms with Crippen molar-refractivity contribution in [2.75, 3.05) is 0 Å². The Kier molecular flexibility index (Phi) is 4.03. The number of halogens is 2. The molecule has 0 atom stereocenters. The number of hydrogen-bond donors (Lipinski definition) is 1. The number of hydrogen-bond acceptors (Lipinski definition) is 6. The summed E-state index contributed by atoms with van der Waals surface area (Å²) in [7, 11) is 0. The number of benzene rings is 1. The first-order valence-electron chi connectivity index (χ1n) is 7.38. The average molecular weight is 373 g/mol. The molecule has 0 aliphatic carbocycles. The van der Waals surface area contributed by atoms with Gasteiger partial charge in [0.2, 0.25) is 5.78 Å². The molecule has 7 nitrogen and oxygen atoms in total. The van der Waals surface area contributed by atoms with E-state index >= 15 is 0 Å². The summed E-state index contributed by atoms with van der Waals surface area (Å²) >= 11 is 11.9. The largest absolute Gasteiger partial charge is 0.351 e. The first-order chi connectivity index (χ1) is 12.1. The van der Waals surface area contributed by atoms with Crippen molar-refractivity contribution in [3.8, 4) is 0 Å². The molecule has 1 aromatic carbocycles. The summed E-state index contributed by atoms with van der Waals surface area (Å²) in [6.45, 7) is 0. The Labute approximate surface area is 151 Å². The van der Waals surface area contributed by atoms with Gasteiger partial charge in [-0.3, -0.25) is 9.78 Å². The minimum atomic E-state index is -0.445. The van der Waals surface area contributed by atoms with Gasteiger partial charge >= 0.3 is 0 Å². The first-order valence-corrected chi connectivity index (χ1v) is 8.14. The number of H-pyrrole nitrogens is 1. The standard InChI is InChI=1S/C16H10Cl2N6O/c17-8-1-3-10-11(6-14-21-23-24-22-14)15(20-13(10)5-8)16(25)12-4-2-9(18)7-19-12/h1-5,7,14,20H,6H2. The molecule has 3 heterocycles. The lowest BCUT2D eigenvalue weighted by molar-refractivity contribution is 0.102. The van der Waals surface area contributed by atoms with Crippen molar-refractivity contribution in [2.24, 2.45) is 20.7 Å². The third-order valence-corrected chi connectivity index (χ3v) is 4.31. The van der Waals surface area contributed by atoms with Crippen molar-refractivity contribution in [1.82, 2.24) is 9.97 Å². The van der Waals surface area contributed by atoms with Gasteiger partial charge in [0.15, 0.2) is 6.17 Å². The Morgan fingerprint density at radius 2 is 1.84 bits per heavy atom. The van der Waals surface area contributed by atoms with Gasteiger partial charge in [-0.2, -0.15) is 0 Å². The highest BCUT2D eigenvalue weighted by Gasteiger charge is 2.23. The van der Waals surface area contributed by atoms with Crippen molar-refractivity contribution in [3.63, 3.8) is 0 Å². The lowest BCUT2D eigenvalue weighted by atomic mass is 10.0. The monoisotopic (exact) mass is 372 g/mol. The topological polar surface area (TPSA) is 95.2 Å². The van der Waals surface area contributed by atoms with Crippen LogP contribution in [0.15, 0.2) is 57.2 Å². The molecule has 0 unspecified atom stereocenters. The van der Waals surface area contributed by atoms with Crippen LogP contribution in [0.4, 0.5) is 0 Å². The molecule has 9 heteroatoms. The summed E-state index contributed by atoms with van der Waals surface area (Å²) < 4.78 is 0. The number of fused-ring (bicyclic) bond motifs is 1. The molecule has 0 radical (unpaired) electrons. The van der Waals surface area contributed by atoms with E-state index in [1.165, 1.54) is 6.20 Å². The second-order valence-corrected chi connectivity index (χ2v) is 6.33. The highest BCUT2D eigenvalue weighted by Crippen LogP contribution is 2.29. The SMILES string of the molecule is O=C(c1ccc(Cl)cn1)c1[nH]c2cc(Cl)ccc2c1CC1N=NN=N1. The zero-order valence-electron chi connectivity index (χ0n) is 12.6. The van der Waals surface area contributed by atoms with Crippen molar-refractivity contribution in [2.45, 2.75) is 12.6 Å². The Bertz CT molecular complexity index is 1010. The van der Waals surface area contributed by atoms with Gasteiger partial charge in [0.1, 0.15) is 5.69 Å². The highest BCUT2D eigenvalue weighted by molar-refractivity contribution is 6.31. The van der Waals surface area contributed by atoms with Crippen LogP contribution in [0.2, 0.25) is 10.0 Å². The summed E-state index contributed by atoms with van der Waals surface area (Å²) in [5, 5.41) is 16.8. The van der Waals surface area contributed by atoms with Crippen LogP contribution in [0, 0.1) is 0 Å². The lowest BCUT2D eigenvalue weighted by Crippen LogP contribution is -2.10. The minimum Gasteiger partial charge on any atom is -0.351 e. The number of rotatable bonds is 4. The van der Waals surface area contributed by atoms with Crippen LogP contribution >= 0.6 is 23.2 Å². The normalized spacial score (nSPS) is 13.8. The van der Waals surface area contributed by atoms with Crippen LogP contribution in [0.25, 0.3) is 10.9 Å². The maximum atomic E-state index is 12.9. The predicted molar refractivity (Wildman–Crippen MR) is 93.2 cm³/mol. The number of nitrogens with zero attached hydrogens (tertiary/aromatic N) is 5. The van der Waals surface area contributed by atoms with Gasteiger partial charge in [-0.15, -0.1) is 10.2 Å². The van der Waals surface area contributed by atoms with Crippen molar-refractivity contribution < 1.29 is 4.79 Å². The molecular weight excluding hydrogens is 363 g/mol. The Hall–Kier alpha value is -2.64. The number of nitrogens with one attached hydrogen (secondary N) is 1. The van der Waals surface area contributed by atoms with Crippen LogP contribution in [0.1, 0.15) is 21.7 Å². The molecule has 0 saturated heterocycles. The van der Waals surface area contributed by atoms with Gasteiger partial charge in [-0.25, -0.2) is 0 Å². The molecule has 0 saturated carbocycles. The van der Waals surface area contributed by atoms with Gasteiger partial charge in [-0.1, -0.05) is 29.3 Å². The molecule has 0 fully saturated rings. The number of aromatic amines is 1. The van der Waals surface area contributed by atoms with Gasteiger partial charge in [0.05, 0.1) is 10.7 Å². The van der Waals surface area contributed by atoms with E-state index in [4.69, 9.17) is 23.2 Å². The van der Waals surface area contributed by atoms with Crippen LogP contribution in [-0.2, 0) is 6.42 Å². The maximum Gasteiger partial charge on any atom is 0.227 e. The molecule has 25 heavy (non-hydrogen) atoms. The number of carbonyl (C=O) groups excluding carboxylic acids is 1. The molecule has 0 spiro atoms. The molecule has 2 aromatic heterocycles. The van der Waals surface area contributed by atoms with Gasteiger partial charge < -0.3 is 4.98 Å². The predicted octanol–water partition coefficient (Wildman–Crippen LogP) is 4.80. The van der Waals surface area contributed by atoms with Gasteiger partial charge in [0.25, 0.3) is 0 Å². The van der Waals surface area contributed by atoms with Crippen LogP contribution < -0.4 is 0 Å². The van der Waals surface area contributed by atoms with E-state index in [-0.39, 0.29) is 11.5 Å². The fourth-order valence-electron chi connectivity index (χ4n) is 2.72. The molecule has 124 valence electrons. The van der Waals surface area contributed by atoms with Crippen LogP contribution in [-0.4, -0.2) is 21.9 Å². The number of aromatic nitrogens is 2.